The summed E-state index contributed by atoms with van der Waals surface area (Å²) < 4.78 is 0. The Labute approximate surface area is 180 Å². The molecule has 9 nitrogen and oxygen atoms in total. The summed E-state index contributed by atoms with van der Waals surface area (Å²) in [7, 11) is 0. The predicted molar refractivity (Wildman–Crippen MR) is 113 cm³/mol. The molecule has 3 N–H and O–H groups in total. The van der Waals surface area contributed by atoms with Crippen LogP contribution in [-0.4, -0.2) is 55.8 Å². The Hall–Kier alpha value is -2.81. The fraction of sp³-hybridized carbons (Fsp3) is 0.500. The van der Waals surface area contributed by atoms with Gasteiger partial charge in [-0.1, -0.05) is 11.6 Å². The Kier molecular flexibility index (Phi) is 7.15. The summed E-state index contributed by atoms with van der Waals surface area (Å²) >= 11 is 6.21. The molecule has 0 spiro atoms. The van der Waals surface area contributed by atoms with Crippen molar-refractivity contribution in [3.63, 3.8) is 0 Å². The molecule has 3 heterocycles. The Balaban J connectivity index is 1.47. The number of piperidine rings is 1. The van der Waals surface area contributed by atoms with Crippen molar-refractivity contribution in [1.82, 2.24) is 30.2 Å². The fourth-order valence-electron chi connectivity index (χ4n) is 3.63. The zero-order chi connectivity index (χ0) is 21.7. The third kappa shape index (κ3) is 5.41. The molecule has 1 atom stereocenters. The van der Waals surface area contributed by atoms with Gasteiger partial charge in [0.15, 0.2) is 0 Å². The summed E-state index contributed by atoms with van der Waals surface area (Å²) in [5.74, 6) is 0.997. The maximum atomic E-state index is 12.7. The number of aryl methyl sites for hydroxylation is 1. The number of nitrogens with one attached hydrogen (secondary N) is 1. The molecule has 3 rings (SSSR count). The van der Waals surface area contributed by atoms with Gasteiger partial charge in [0, 0.05) is 24.8 Å². The second-order valence-corrected chi connectivity index (χ2v) is 7.88. The molecule has 0 aliphatic carbocycles. The second-order valence-electron chi connectivity index (χ2n) is 7.52. The van der Waals surface area contributed by atoms with E-state index < -0.39 is 6.04 Å². The number of halogens is 1. The van der Waals surface area contributed by atoms with E-state index in [1.165, 1.54) is 18.6 Å². The summed E-state index contributed by atoms with van der Waals surface area (Å²) in [5.41, 5.74) is 7.01. The highest BCUT2D eigenvalue weighted by atomic mass is 35.5. The topological polar surface area (TPSA) is 127 Å². The van der Waals surface area contributed by atoms with Gasteiger partial charge >= 0.3 is 0 Å². The highest BCUT2D eigenvalue weighted by Gasteiger charge is 2.27. The van der Waals surface area contributed by atoms with Crippen LogP contribution in [0.5, 0.6) is 0 Å². The number of nitrogens with zero attached hydrogens (tertiary/aromatic N) is 5. The van der Waals surface area contributed by atoms with Crippen LogP contribution in [0.1, 0.15) is 48.1 Å². The molecule has 0 radical (unpaired) electrons. The second kappa shape index (κ2) is 9.80. The smallest absolute Gasteiger partial charge is 0.270 e. The Bertz CT molecular complexity index is 878. The van der Waals surface area contributed by atoms with Crippen LogP contribution in [0.2, 0.25) is 5.15 Å². The number of amides is 2. The summed E-state index contributed by atoms with van der Waals surface area (Å²) in [6.45, 7) is 4.76. The maximum Gasteiger partial charge on any atom is 0.270 e. The maximum absolute atomic E-state index is 12.7. The van der Waals surface area contributed by atoms with Crippen LogP contribution in [0.4, 0.5) is 5.82 Å². The molecule has 1 unspecified atom stereocenters. The Morgan fingerprint density at radius 3 is 2.70 bits per heavy atom. The van der Waals surface area contributed by atoms with Gasteiger partial charge in [-0.2, -0.15) is 0 Å². The molecule has 160 valence electrons. The normalized spacial score (nSPS) is 15.6. The number of nitrogens with two attached hydrogens (primary N) is 1. The van der Waals surface area contributed by atoms with Crippen molar-refractivity contribution in [1.29, 1.82) is 0 Å². The van der Waals surface area contributed by atoms with Gasteiger partial charge in [-0.25, -0.2) is 19.9 Å². The number of carbonyl (C=O) groups is 2. The zero-order valence-electron chi connectivity index (χ0n) is 17.1. The van der Waals surface area contributed by atoms with Gasteiger partial charge in [0.2, 0.25) is 5.91 Å². The zero-order valence-corrected chi connectivity index (χ0v) is 17.9. The van der Waals surface area contributed by atoms with E-state index in [4.69, 9.17) is 17.3 Å². The molecular weight excluding hydrogens is 406 g/mol. The van der Waals surface area contributed by atoms with E-state index in [-0.39, 0.29) is 17.5 Å². The van der Waals surface area contributed by atoms with Crippen LogP contribution in [0.15, 0.2) is 18.6 Å². The molecule has 1 saturated heterocycles. The molecule has 0 aromatic carbocycles. The number of nitrogen functional groups attached to an aromatic ring is 1. The lowest BCUT2D eigenvalue weighted by atomic mass is 9.90. The first-order chi connectivity index (χ1) is 14.3. The van der Waals surface area contributed by atoms with Crippen LogP contribution < -0.4 is 11.1 Å². The molecule has 1 aliphatic heterocycles. The van der Waals surface area contributed by atoms with Crippen molar-refractivity contribution >= 4 is 29.2 Å². The Morgan fingerprint density at radius 1 is 1.33 bits per heavy atom. The van der Waals surface area contributed by atoms with Crippen molar-refractivity contribution in [2.45, 2.75) is 45.6 Å². The Morgan fingerprint density at radius 2 is 2.07 bits per heavy atom. The van der Waals surface area contributed by atoms with Gasteiger partial charge in [-0.15, -0.1) is 0 Å². The third-order valence-corrected chi connectivity index (χ3v) is 5.67. The molecule has 1 fully saturated rings. The third-order valence-electron chi connectivity index (χ3n) is 5.36. The average Bonchev–Trinajstić information content (AvgIpc) is 2.73. The minimum atomic E-state index is -0.618. The molecular formula is C20H26ClN7O2. The van der Waals surface area contributed by atoms with Crippen LogP contribution in [0.3, 0.4) is 0 Å². The number of aromatic nitrogens is 4. The van der Waals surface area contributed by atoms with E-state index in [9.17, 15) is 9.59 Å². The molecule has 2 aromatic heterocycles. The lowest BCUT2D eigenvalue weighted by molar-refractivity contribution is -0.134. The monoisotopic (exact) mass is 431 g/mol. The molecule has 2 aromatic rings. The minimum Gasteiger partial charge on any atom is -0.383 e. The van der Waals surface area contributed by atoms with Crippen molar-refractivity contribution in [2.75, 3.05) is 18.8 Å². The number of likely N-dealkylation sites (tertiary alicyclic amines) is 1. The number of anilines is 1. The molecule has 10 heteroatoms. The molecule has 1 aliphatic rings. The van der Waals surface area contributed by atoms with E-state index in [1.54, 1.807) is 18.7 Å². The van der Waals surface area contributed by atoms with Crippen LogP contribution in [0.25, 0.3) is 0 Å². The van der Waals surface area contributed by atoms with Crippen LogP contribution in [-0.2, 0) is 11.2 Å². The highest BCUT2D eigenvalue weighted by molar-refractivity contribution is 6.30. The van der Waals surface area contributed by atoms with Gasteiger partial charge in [-0.3, -0.25) is 9.59 Å². The number of carbonyl (C=O) groups excluding carboxylic acids is 2. The number of rotatable bonds is 6. The number of hydrogen-bond donors (Lipinski definition) is 2. The summed E-state index contributed by atoms with van der Waals surface area (Å²) in [6.07, 6.45) is 6.21. The fourth-order valence-corrected chi connectivity index (χ4v) is 3.95. The first kappa shape index (κ1) is 21.9. The minimum absolute atomic E-state index is 0.0879. The van der Waals surface area contributed by atoms with Crippen molar-refractivity contribution < 1.29 is 9.59 Å². The quantitative estimate of drug-likeness (QED) is 0.667. The van der Waals surface area contributed by atoms with Gasteiger partial charge in [0.25, 0.3) is 5.91 Å². The van der Waals surface area contributed by atoms with Crippen LogP contribution in [0, 0.1) is 12.8 Å². The van der Waals surface area contributed by atoms with Crippen LogP contribution >= 0.6 is 11.6 Å². The van der Waals surface area contributed by atoms with Crippen molar-refractivity contribution in [3.05, 3.63) is 40.8 Å². The first-order valence-corrected chi connectivity index (χ1v) is 10.4. The highest BCUT2D eigenvalue weighted by Crippen LogP contribution is 2.26. The standard InChI is InChI=1S/C20H26ClN7O2/c1-12(25-19(29)16-5-8-23-11-24-16)20(30)28-9-6-14(7-10-28)3-4-15-17(21)26-13(2)27-18(15)22/h5,8,11-12,14H,3-4,6-7,9-10H2,1-2H3,(H,25,29)(H2,22,26,27). The summed E-state index contributed by atoms with van der Waals surface area (Å²) in [5, 5.41) is 3.12. The van der Waals surface area contributed by atoms with E-state index >= 15 is 0 Å². The van der Waals surface area contributed by atoms with E-state index in [2.05, 4.69) is 25.3 Å². The largest absolute Gasteiger partial charge is 0.383 e. The number of hydrogen-bond acceptors (Lipinski definition) is 7. The molecule has 0 bridgehead atoms. The summed E-state index contributed by atoms with van der Waals surface area (Å²) in [4.78, 5) is 42.7. The molecule has 30 heavy (non-hydrogen) atoms. The first-order valence-electron chi connectivity index (χ1n) is 9.99. The lowest BCUT2D eigenvalue weighted by Crippen LogP contribution is -2.49. The van der Waals surface area contributed by atoms with E-state index in [0.29, 0.717) is 35.8 Å². The SMILES string of the molecule is Cc1nc(N)c(CCC2CCN(C(=O)C(C)NC(=O)c3ccncn3)CC2)c(Cl)n1. The average molecular weight is 432 g/mol. The molecule has 0 saturated carbocycles. The van der Waals surface area contributed by atoms with Crippen molar-refractivity contribution in [3.8, 4) is 0 Å². The van der Waals surface area contributed by atoms with Gasteiger partial charge in [0.05, 0.1) is 0 Å². The summed E-state index contributed by atoms with van der Waals surface area (Å²) in [6, 6.07) is 0.892. The van der Waals surface area contributed by atoms with Crippen molar-refractivity contribution in [2.24, 2.45) is 5.92 Å². The van der Waals surface area contributed by atoms with Gasteiger partial charge < -0.3 is 16.0 Å². The van der Waals surface area contributed by atoms with Gasteiger partial charge in [-0.05, 0) is 51.5 Å². The molecule has 2 amide bonds. The lowest BCUT2D eigenvalue weighted by Gasteiger charge is -2.33. The van der Waals surface area contributed by atoms with E-state index in [0.717, 1.165) is 31.2 Å². The van der Waals surface area contributed by atoms with E-state index in [1.807, 2.05) is 0 Å². The van der Waals surface area contributed by atoms with Gasteiger partial charge in [0.1, 0.15) is 34.9 Å². The predicted octanol–water partition coefficient (Wildman–Crippen LogP) is 1.80.